The third-order valence-corrected chi connectivity index (χ3v) is 7.91. The number of amides is 2. The molecule has 0 spiro atoms. The molecule has 0 saturated carbocycles. The Bertz CT molecular complexity index is 1290. The van der Waals surface area contributed by atoms with Gasteiger partial charge >= 0.3 is 0 Å². The van der Waals surface area contributed by atoms with Crippen molar-refractivity contribution in [1.82, 2.24) is 9.47 Å². The fourth-order valence-electron chi connectivity index (χ4n) is 4.25. The van der Waals surface area contributed by atoms with Gasteiger partial charge in [-0.3, -0.25) is 9.59 Å². The van der Waals surface area contributed by atoms with Gasteiger partial charge in [0.25, 0.3) is 0 Å². The highest BCUT2D eigenvalue weighted by atomic mass is 32.2. The second-order valence-corrected chi connectivity index (χ2v) is 10.8. The molecule has 33 heavy (non-hydrogen) atoms. The Hall–Kier alpha value is -3.13. The molecule has 1 saturated heterocycles. The summed E-state index contributed by atoms with van der Waals surface area (Å²) in [5, 5.41) is 3.20. The number of anilines is 1. The SMILES string of the molecule is Cc1ccccc1NC(=O)CS(=O)(=O)c1cn(CC(=O)N2CCC(C)CC2)c2ccccc12. The van der Waals surface area contributed by atoms with E-state index in [2.05, 4.69) is 12.2 Å². The predicted octanol–water partition coefficient (Wildman–Crippen LogP) is 3.62. The molecule has 0 atom stereocenters. The number of carbonyl (C=O) groups is 2. The third-order valence-electron chi connectivity index (χ3n) is 6.27. The molecule has 0 radical (unpaired) electrons. The Labute approximate surface area is 194 Å². The summed E-state index contributed by atoms with van der Waals surface area (Å²) in [6, 6.07) is 14.3. The number of para-hydroxylation sites is 2. The van der Waals surface area contributed by atoms with Crippen LogP contribution in [0.25, 0.3) is 10.9 Å². The quantitative estimate of drug-likeness (QED) is 0.600. The molecule has 2 aromatic carbocycles. The molecule has 1 fully saturated rings. The first-order valence-corrected chi connectivity index (χ1v) is 12.8. The molecule has 0 bridgehead atoms. The zero-order valence-corrected chi connectivity index (χ0v) is 19.8. The zero-order valence-electron chi connectivity index (χ0n) is 19.0. The standard InChI is InChI=1S/C25H29N3O4S/c1-18-11-13-27(14-12-18)25(30)16-28-15-23(20-8-4-6-10-22(20)28)33(31,32)17-24(29)26-21-9-5-3-7-19(21)2/h3-10,15,18H,11-14,16-17H2,1-2H3,(H,26,29). The summed E-state index contributed by atoms with van der Waals surface area (Å²) in [5.41, 5.74) is 2.10. The highest BCUT2D eigenvalue weighted by Crippen LogP contribution is 2.27. The van der Waals surface area contributed by atoms with Crippen LogP contribution in [0.4, 0.5) is 5.69 Å². The molecule has 3 aromatic rings. The van der Waals surface area contributed by atoms with Crippen LogP contribution in [0.3, 0.4) is 0 Å². The van der Waals surface area contributed by atoms with Crippen LogP contribution in [0.5, 0.6) is 0 Å². The molecule has 1 aromatic heterocycles. The molecular weight excluding hydrogens is 438 g/mol. The van der Waals surface area contributed by atoms with Crippen molar-refractivity contribution < 1.29 is 18.0 Å². The lowest BCUT2D eigenvalue weighted by Crippen LogP contribution is -2.39. The number of benzene rings is 2. The summed E-state index contributed by atoms with van der Waals surface area (Å²) in [4.78, 5) is 27.3. The molecule has 1 aliphatic heterocycles. The molecular formula is C25H29N3O4S. The number of piperidine rings is 1. The molecule has 0 unspecified atom stereocenters. The summed E-state index contributed by atoms with van der Waals surface area (Å²) in [6.45, 7) is 5.55. The van der Waals surface area contributed by atoms with Gasteiger partial charge in [0.05, 0.1) is 4.90 Å². The number of aromatic nitrogens is 1. The number of rotatable bonds is 6. The maximum absolute atomic E-state index is 13.2. The van der Waals surface area contributed by atoms with Crippen molar-refractivity contribution in [3.8, 4) is 0 Å². The van der Waals surface area contributed by atoms with E-state index in [0.717, 1.165) is 31.5 Å². The molecule has 2 amide bonds. The Morgan fingerprint density at radius 1 is 1.03 bits per heavy atom. The first-order valence-electron chi connectivity index (χ1n) is 11.2. The summed E-state index contributed by atoms with van der Waals surface area (Å²) < 4.78 is 28.1. The van der Waals surface area contributed by atoms with Gasteiger partial charge in [-0.25, -0.2) is 8.42 Å². The molecule has 1 N–H and O–H groups in total. The second kappa shape index (κ2) is 9.39. The Balaban J connectivity index is 1.56. The van der Waals surface area contributed by atoms with E-state index in [1.165, 1.54) is 6.20 Å². The molecule has 4 rings (SSSR count). The fourth-order valence-corrected chi connectivity index (χ4v) is 5.61. The van der Waals surface area contributed by atoms with Crippen molar-refractivity contribution in [2.24, 2.45) is 5.92 Å². The monoisotopic (exact) mass is 467 g/mol. The minimum Gasteiger partial charge on any atom is -0.341 e. The van der Waals surface area contributed by atoms with E-state index in [1.807, 2.05) is 30.0 Å². The zero-order chi connectivity index (χ0) is 23.6. The van der Waals surface area contributed by atoms with Gasteiger partial charge in [-0.1, -0.05) is 43.3 Å². The average molecular weight is 468 g/mol. The van der Waals surface area contributed by atoms with E-state index < -0.39 is 21.5 Å². The molecule has 1 aliphatic rings. The lowest BCUT2D eigenvalue weighted by Gasteiger charge is -2.30. The van der Waals surface area contributed by atoms with Crippen molar-refractivity contribution >= 4 is 38.2 Å². The Kier molecular flexibility index (Phi) is 6.56. The summed E-state index contributed by atoms with van der Waals surface area (Å²) in [5.74, 6) is -0.680. The number of likely N-dealkylation sites (tertiary alicyclic amines) is 1. The molecule has 7 nitrogen and oxygen atoms in total. The van der Waals surface area contributed by atoms with E-state index in [0.29, 0.717) is 22.5 Å². The number of aryl methyl sites for hydroxylation is 1. The number of fused-ring (bicyclic) bond motifs is 1. The van der Waals surface area contributed by atoms with E-state index in [-0.39, 0.29) is 17.3 Å². The number of nitrogens with zero attached hydrogens (tertiary/aromatic N) is 2. The maximum Gasteiger partial charge on any atom is 0.242 e. The topological polar surface area (TPSA) is 88.5 Å². The Morgan fingerprint density at radius 2 is 1.70 bits per heavy atom. The van der Waals surface area contributed by atoms with E-state index >= 15 is 0 Å². The van der Waals surface area contributed by atoms with Crippen molar-refractivity contribution in [1.29, 1.82) is 0 Å². The van der Waals surface area contributed by atoms with E-state index in [4.69, 9.17) is 0 Å². The van der Waals surface area contributed by atoms with Gasteiger partial charge in [-0.15, -0.1) is 0 Å². The average Bonchev–Trinajstić information content (AvgIpc) is 3.15. The lowest BCUT2D eigenvalue weighted by atomic mass is 9.99. The summed E-state index contributed by atoms with van der Waals surface area (Å²) in [6.07, 6.45) is 3.45. The van der Waals surface area contributed by atoms with Crippen LogP contribution in [0.1, 0.15) is 25.3 Å². The van der Waals surface area contributed by atoms with Crippen molar-refractivity contribution in [2.45, 2.75) is 38.1 Å². The number of sulfone groups is 1. The largest absolute Gasteiger partial charge is 0.341 e. The normalized spacial score (nSPS) is 15.0. The van der Waals surface area contributed by atoms with Crippen LogP contribution in [0.2, 0.25) is 0 Å². The molecule has 174 valence electrons. The van der Waals surface area contributed by atoms with Crippen LogP contribution >= 0.6 is 0 Å². The van der Waals surface area contributed by atoms with Gasteiger partial charge in [0, 0.05) is 35.9 Å². The predicted molar refractivity (Wildman–Crippen MR) is 129 cm³/mol. The first kappa shape index (κ1) is 23.0. The number of nitrogens with one attached hydrogen (secondary N) is 1. The number of hydrogen-bond donors (Lipinski definition) is 1. The van der Waals surface area contributed by atoms with Gasteiger partial charge in [0.15, 0.2) is 9.84 Å². The first-order chi connectivity index (χ1) is 15.7. The van der Waals surface area contributed by atoms with Crippen LogP contribution < -0.4 is 5.32 Å². The minimum atomic E-state index is -3.92. The highest BCUT2D eigenvalue weighted by molar-refractivity contribution is 7.92. The van der Waals surface area contributed by atoms with Gasteiger partial charge in [0.2, 0.25) is 11.8 Å². The number of carbonyl (C=O) groups excluding carboxylic acids is 2. The maximum atomic E-state index is 13.2. The van der Waals surface area contributed by atoms with Crippen LogP contribution in [-0.2, 0) is 26.0 Å². The van der Waals surface area contributed by atoms with Gasteiger partial charge < -0.3 is 14.8 Å². The molecule has 8 heteroatoms. The minimum absolute atomic E-state index is 0.0242. The van der Waals surface area contributed by atoms with Crippen LogP contribution in [0, 0.1) is 12.8 Å². The lowest BCUT2D eigenvalue weighted by molar-refractivity contribution is -0.133. The second-order valence-electron chi connectivity index (χ2n) is 8.82. The summed E-state index contributed by atoms with van der Waals surface area (Å²) >= 11 is 0. The van der Waals surface area contributed by atoms with Crippen molar-refractivity contribution in [2.75, 3.05) is 24.2 Å². The summed E-state index contributed by atoms with van der Waals surface area (Å²) in [7, 11) is -3.92. The smallest absolute Gasteiger partial charge is 0.242 e. The fraction of sp³-hybridized carbons (Fsp3) is 0.360. The van der Waals surface area contributed by atoms with E-state index in [1.54, 1.807) is 34.9 Å². The van der Waals surface area contributed by atoms with Crippen LogP contribution in [-0.4, -0.2) is 48.5 Å². The van der Waals surface area contributed by atoms with Gasteiger partial charge in [-0.2, -0.15) is 0 Å². The van der Waals surface area contributed by atoms with Gasteiger partial charge in [-0.05, 0) is 43.4 Å². The Morgan fingerprint density at radius 3 is 2.42 bits per heavy atom. The molecule has 0 aliphatic carbocycles. The van der Waals surface area contributed by atoms with Crippen molar-refractivity contribution in [3.05, 3.63) is 60.3 Å². The van der Waals surface area contributed by atoms with Gasteiger partial charge in [0.1, 0.15) is 12.3 Å². The third kappa shape index (κ3) is 5.11. The molecule has 2 heterocycles. The number of hydrogen-bond acceptors (Lipinski definition) is 4. The highest BCUT2D eigenvalue weighted by Gasteiger charge is 2.26. The van der Waals surface area contributed by atoms with Crippen LogP contribution in [0.15, 0.2) is 59.6 Å². The van der Waals surface area contributed by atoms with E-state index in [9.17, 15) is 18.0 Å². The van der Waals surface area contributed by atoms with Crippen molar-refractivity contribution in [3.63, 3.8) is 0 Å².